The Morgan fingerprint density at radius 1 is 1.00 bits per heavy atom. The molecule has 134 valence electrons. The van der Waals surface area contributed by atoms with E-state index in [9.17, 15) is 5.11 Å². The van der Waals surface area contributed by atoms with Gasteiger partial charge in [-0.3, -0.25) is 0 Å². The zero-order valence-electron chi connectivity index (χ0n) is 15.3. The Morgan fingerprint density at radius 2 is 1.60 bits per heavy atom. The fraction of sp³-hybridized carbons (Fsp3) is 0.455. The number of aliphatic hydroxyl groups excluding tert-OH is 1. The van der Waals surface area contributed by atoms with E-state index in [0.717, 1.165) is 37.1 Å². The molecule has 0 bridgehead atoms. The Labute approximate surface area is 151 Å². The summed E-state index contributed by atoms with van der Waals surface area (Å²) in [5, 5.41) is 18.4. The zero-order valence-corrected chi connectivity index (χ0v) is 15.3. The van der Waals surface area contributed by atoms with Crippen LogP contribution in [0.15, 0.2) is 60.7 Å². The number of hydrogen-bond donors (Lipinski definition) is 3. The van der Waals surface area contributed by atoms with Gasteiger partial charge >= 0.3 is 0 Å². The van der Waals surface area contributed by atoms with Crippen LogP contribution in [-0.4, -0.2) is 24.2 Å². The van der Waals surface area contributed by atoms with Gasteiger partial charge in [0, 0.05) is 12.6 Å². The normalized spacial score (nSPS) is 22.8. The molecule has 1 fully saturated rings. The van der Waals surface area contributed by atoms with Crippen molar-refractivity contribution in [2.24, 2.45) is 5.41 Å². The van der Waals surface area contributed by atoms with E-state index < -0.39 is 6.10 Å². The van der Waals surface area contributed by atoms with Crippen LogP contribution in [-0.2, 0) is 0 Å². The molecule has 3 atom stereocenters. The van der Waals surface area contributed by atoms with Gasteiger partial charge in [-0.25, -0.2) is 0 Å². The minimum Gasteiger partial charge on any atom is -0.386 e. The van der Waals surface area contributed by atoms with Gasteiger partial charge in [-0.15, -0.1) is 0 Å². The summed E-state index contributed by atoms with van der Waals surface area (Å²) in [6, 6.07) is 20.5. The third-order valence-electron chi connectivity index (χ3n) is 5.10. The van der Waals surface area contributed by atoms with Crippen LogP contribution in [0, 0.1) is 5.41 Å². The first-order valence-electron chi connectivity index (χ1n) is 9.30. The van der Waals surface area contributed by atoms with Crippen LogP contribution in [0.3, 0.4) is 0 Å². The number of rotatable bonds is 5. The van der Waals surface area contributed by atoms with Gasteiger partial charge in [0.05, 0.1) is 12.1 Å². The molecule has 25 heavy (non-hydrogen) atoms. The summed E-state index contributed by atoms with van der Waals surface area (Å²) in [6.07, 6.45) is 1.61. The molecular weight excluding hydrogens is 308 g/mol. The Kier molecular flexibility index (Phi) is 5.89. The van der Waals surface area contributed by atoms with Crippen molar-refractivity contribution in [3.05, 3.63) is 71.8 Å². The van der Waals surface area contributed by atoms with Crippen molar-refractivity contribution in [3.63, 3.8) is 0 Å². The quantitative estimate of drug-likeness (QED) is 0.776. The highest BCUT2D eigenvalue weighted by atomic mass is 16.3. The van der Waals surface area contributed by atoms with Crippen molar-refractivity contribution in [1.29, 1.82) is 0 Å². The van der Waals surface area contributed by atoms with Crippen LogP contribution < -0.4 is 10.6 Å². The second-order valence-electron chi connectivity index (χ2n) is 7.94. The lowest BCUT2D eigenvalue weighted by molar-refractivity contribution is 0.116. The van der Waals surface area contributed by atoms with E-state index in [-0.39, 0.29) is 11.5 Å². The monoisotopic (exact) mass is 338 g/mol. The zero-order chi connectivity index (χ0) is 17.7. The molecule has 1 heterocycles. The summed E-state index contributed by atoms with van der Waals surface area (Å²) in [5.74, 6) is 0. The smallest absolute Gasteiger partial charge is 0.0984 e. The molecule has 1 aliphatic heterocycles. The molecule has 0 amide bonds. The predicted octanol–water partition coefficient (Wildman–Crippen LogP) is 3.83. The van der Waals surface area contributed by atoms with E-state index in [1.807, 2.05) is 48.5 Å². The average Bonchev–Trinajstić information content (AvgIpc) is 2.80. The molecule has 0 radical (unpaired) electrons. The first-order valence-corrected chi connectivity index (χ1v) is 9.30. The molecule has 1 aliphatic rings. The summed E-state index contributed by atoms with van der Waals surface area (Å²) < 4.78 is 0. The number of nitrogens with one attached hydrogen (secondary N) is 2. The van der Waals surface area contributed by atoms with E-state index in [4.69, 9.17) is 0 Å². The minimum atomic E-state index is -0.567. The maximum absolute atomic E-state index is 11.1. The van der Waals surface area contributed by atoms with Crippen molar-refractivity contribution in [3.8, 4) is 0 Å². The topological polar surface area (TPSA) is 44.3 Å². The Morgan fingerprint density at radius 3 is 2.24 bits per heavy atom. The molecular formula is C22H30N2O. The minimum absolute atomic E-state index is 0.109. The van der Waals surface area contributed by atoms with Crippen LogP contribution >= 0.6 is 0 Å². The van der Waals surface area contributed by atoms with Gasteiger partial charge in [-0.05, 0) is 35.9 Å². The highest BCUT2D eigenvalue weighted by Crippen LogP contribution is 2.32. The van der Waals surface area contributed by atoms with Crippen molar-refractivity contribution in [1.82, 2.24) is 10.6 Å². The Bertz CT molecular complexity index is 642. The molecule has 0 aliphatic carbocycles. The largest absolute Gasteiger partial charge is 0.386 e. The standard InChI is InChI=1S/C22H30N2O/c1-22(2)15-19(13-14-23-16-22)24-20(17-9-5-3-6-10-17)21(25)18-11-7-4-8-12-18/h3-12,19-21,23-25H,13-16H2,1-2H3/t19?,20-,21+/m0/s1. The summed E-state index contributed by atoms with van der Waals surface area (Å²) in [7, 11) is 0. The maximum Gasteiger partial charge on any atom is 0.0984 e. The second kappa shape index (κ2) is 8.13. The first-order chi connectivity index (χ1) is 12.1. The van der Waals surface area contributed by atoms with Gasteiger partial charge < -0.3 is 15.7 Å². The van der Waals surface area contributed by atoms with E-state index >= 15 is 0 Å². The van der Waals surface area contributed by atoms with Crippen LogP contribution in [0.5, 0.6) is 0 Å². The molecule has 3 nitrogen and oxygen atoms in total. The van der Waals surface area contributed by atoms with E-state index in [1.54, 1.807) is 0 Å². The fourth-order valence-corrected chi connectivity index (χ4v) is 3.81. The van der Waals surface area contributed by atoms with Gasteiger partial charge in [0.1, 0.15) is 0 Å². The van der Waals surface area contributed by atoms with Gasteiger partial charge in [0.2, 0.25) is 0 Å². The average molecular weight is 338 g/mol. The molecule has 0 saturated carbocycles. The van der Waals surface area contributed by atoms with Crippen molar-refractivity contribution >= 4 is 0 Å². The van der Waals surface area contributed by atoms with Gasteiger partial charge in [0.15, 0.2) is 0 Å². The lowest BCUT2D eigenvalue weighted by Crippen LogP contribution is -2.38. The number of benzene rings is 2. The second-order valence-corrected chi connectivity index (χ2v) is 7.94. The summed E-state index contributed by atoms with van der Waals surface area (Å²) in [5.41, 5.74) is 2.34. The van der Waals surface area contributed by atoms with Crippen LogP contribution in [0.4, 0.5) is 0 Å². The molecule has 1 unspecified atom stereocenters. The molecule has 1 saturated heterocycles. The Balaban J connectivity index is 1.84. The molecule has 0 spiro atoms. The van der Waals surface area contributed by atoms with Crippen molar-refractivity contribution in [2.45, 2.75) is 44.9 Å². The van der Waals surface area contributed by atoms with Crippen LogP contribution in [0.1, 0.15) is 50.0 Å². The first kappa shape index (κ1) is 18.1. The lowest BCUT2D eigenvalue weighted by Gasteiger charge is -2.32. The van der Waals surface area contributed by atoms with Gasteiger partial charge in [-0.1, -0.05) is 74.5 Å². The lowest BCUT2D eigenvalue weighted by atomic mass is 9.85. The van der Waals surface area contributed by atoms with Gasteiger partial charge in [-0.2, -0.15) is 0 Å². The van der Waals surface area contributed by atoms with Crippen molar-refractivity contribution in [2.75, 3.05) is 13.1 Å². The molecule has 3 rings (SSSR count). The third kappa shape index (κ3) is 4.91. The molecule has 0 aromatic heterocycles. The maximum atomic E-state index is 11.1. The molecule has 2 aromatic rings. The molecule has 2 aromatic carbocycles. The number of aliphatic hydroxyl groups is 1. The van der Waals surface area contributed by atoms with E-state index in [0.29, 0.717) is 6.04 Å². The summed E-state index contributed by atoms with van der Waals surface area (Å²) >= 11 is 0. The Hall–Kier alpha value is -1.68. The fourth-order valence-electron chi connectivity index (χ4n) is 3.81. The van der Waals surface area contributed by atoms with Crippen LogP contribution in [0.2, 0.25) is 0 Å². The van der Waals surface area contributed by atoms with Gasteiger partial charge in [0.25, 0.3) is 0 Å². The number of hydrogen-bond acceptors (Lipinski definition) is 3. The third-order valence-corrected chi connectivity index (χ3v) is 5.10. The molecule has 3 heteroatoms. The summed E-state index contributed by atoms with van der Waals surface area (Å²) in [6.45, 7) is 6.68. The predicted molar refractivity (Wildman–Crippen MR) is 103 cm³/mol. The SMILES string of the molecule is CC1(C)CNCCC(N[C@@H](c2ccccc2)[C@H](O)c2ccccc2)C1. The van der Waals surface area contributed by atoms with Crippen LogP contribution in [0.25, 0.3) is 0 Å². The van der Waals surface area contributed by atoms with Crippen molar-refractivity contribution < 1.29 is 5.11 Å². The van der Waals surface area contributed by atoms with E-state index in [1.165, 1.54) is 0 Å². The summed E-state index contributed by atoms with van der Waals surface area (Å²) in [4.78, 5) is 0. The molecule has 3 N–H and O–H groups in total. The highest BCUT2D eigenvalue weighted by molar-refractivity contribution is 5.26. The van der Waals surface area contributed by atoms with E-state index in [2.05, 4.69) is 36.6 Å². The highest BCUT2D eigenvalue weighted by Gasteiger charge is 2.30.